The molecule has 4 rings (SSSR count). The lowest BCUT2D eigenvalue weighted by molar-refractivity contribution is -0.116. The van der Waals surface area contributed by atoms with Gasteiger partial charge in [0.25, 0.3) is 5.56 Å². The van der Waals surface area contributed by atoms with Crippen LogP contribution in [-0.2, 0) is 17.9 Å². The topological polar surface area (TPSA) is 82.3 Å². The summed E-state index contributed by atoms with van der Waals surface area (Å²) in [6, 6.07) is 16.3. The quantitative estimate of drug-likeness (QED) is 0.504. The third-order valence-corrected chi connectivity index (χ3v) is 5.89. The Morgan fingerprint density at radius 3 is 2.52 bits per heavy atom. The summed E-state index contributed by atoms with van der Waals surface area (Å²) in [4.78, 5) is 38.9. The minimum atomic E-state index is -0.541. The van der Waals surface area contributed by atoms with Crippen molar-refractivity contribution in [3.63, 3.8) is 0 Å². The number of aromatic nitrogens is 2. The molecular formula is C23H21N3O4S. The van der Waals surface area contributed by atoms with Gasteiger partial charge in [-0.25, -0.2) is 4.79 Å². The lowest BCUT2D eigenvalue weighted by Gasteiger charge is -2.14. The zero-order valence-corrected chi connectivity index (χ0v) is 17.9. The molecule has 0 aliphatic carbocycles. The highest BCUT2D eigenvalue weighted by molar-refractivity contribution is 7.17. The Kier molecular flexibility index (Phi) is 5.73. The molecule has 0 aliphatic heterocycles. The molecule has 0 fully saturated rings. The summed E-state index contributed by atoms with van der Waals surface area (Å²) >= 11 is 1.25. The van der Waals surface area contributed by atoms with Gasteiger partial charge in [-0.15, -0.1) is 11.3 Å². The molecule has 2 heterocycles. The van der Waals surface area contributed by atoms with Crippen LogP contribution in [0, 0.1) is 6.92 Å². The minimum Gasteiger partial charge on any atom is -0.496 e. The van der Waals surface area contributed by atoms with Crippen molar-refractivity contribution in [1.82, 2.24) is 9.13 Å². The molecule has 0 spiro atoms. The second-order valence-electron chi connectivity index (χ2n) is 7.12. The first-order valence-electron chi connectivity index (χ1n) is 9.67. The number of benzene rings is 2. The van der Waals surface area contributed by atoms with Crippen molar-refractivity contribution in [2.45, 2.75) is 20.0 Å². The second kappa shape index (κ2) is 8.61. The Hall–Kier alpha value is -3.65. The molecule has 31 heavy (non-hydrogen) atoms. The standard InChI is InChI=1S/C23H21N3O4S/c1-15-7-9-17(10-8-15)24-20(27)14-25-18-11-12-31-21(18)22(28)26(23(25)29)13-16-5-3-4-6-19(16)30-2/h3-12H,13-14H2,1-2H3,(H,24,27). The van der Waals surface area contributed by atoms with Crippen LogP contribution in [0.2, 0.25) is 0 Å². The van der Waals surface area contributed by atoms with Gasteiger partial charge in [-0.1, -0.05) is 35.9 Å². The third kappa shape index (κ3) is 4.15. The van der Waals surface area contributed by atoms with Crippen molar-refractivity contribution in [1.29, 1.82) is 0 Å². The molecule has 0 saturated heterocycles. The maximum absolute atomic E-state index is 13.2. The number of thiophene rings is 1. The van der Waals surface area contributed by atoms with Gasteiger partial charge in [0.15, 0.2) is 0 Å². The highest BCUT2D eigenvalue weighted by Crippen LogP contribution is 2.19. The molecule has 4 aromatic rings. The molecule has 1 N–H and O–H groups in total. The number of aryl methyl sites for hydroxylation is 1. The maximum atomic E-state index is 13.2. The van der Waals surface area contributed by atoms with Gasteiger partial charge >= 0.3 is 5.69 Å². The Labute approximate surface area is 182 Å². The number of para-hydroxylation sites is 1. The molecule has 2 aromatic carbocycles. The van der Waals surface area contributed by atoms with Crippen LogP contribution >= 0.6 is 11.3 Å². The van der Waals surface area contributed by atoms with Crippen molar-refractivity contribution in [3.8, 4) is 5.75 Å². The van der Waals surface area contributed by atoms with Gasteiger partial charge in [0.05, 0.1) is 19.2 Å². The van der Waals surface area contributed by atoms with Crippen LogP contribution in [0.3, 0.4) is 0 Å². The maximum Gasteiger partial charge on any atom is 0.332 e. The summed E-state index contributed by atoms with van der Waals surface area (Å²) < 4.78 is 8.27. The summed E-state index contributed by atoms with van der Waals surface area (Å²) in [7, 11) is 1.54. The number of hydrogen-bond donors (Lipinski definition) is 1. The Morgan fingerprint density at radius 1 is 1.03 bits per heavy atom. The van der Waals surface area contributed by atoms with Crippen LogP contribution in [-0.4, -0.2) is 22.2 Å². The number of nitrogens with one attached hydrogen (secondary N) is 1. The van der Waals surface area contributed by atoms with Crippen LogP contribution < -0.4 is 21.3 Å². The number of hydrogen-bond acceptors (Lipinski definition) is 5. The number of methoxy groups -OCH3 is 1. The first kappa shape index (κ1) is 20.6. The van der Waals surface area contributed by atoms with Crippen molar-refractivity contribution in [3.05, 3.63) is 91.9 Å². The largest absolute Gasteiger partial charge is 0.496 e. The fourth-order valence-corrected chi connectivity index (χ4v) is 4.25. The number of rotatable bonds is 6. The zero-order chi connectivity index (χ0) is 22.0. The Bertz CT molecular complexity index is 1370. The van der Waals surface area contributed by atoms with E-state index in [9.17, 15) is 14.4 Å². The van der Waals surface area contributed by atoms with E-state index in [1.54, 1.807) is 35.7 Å². The molecule has 0 bridgehead atoms. The molecule has 0 atom stereocenters. The lowest BCUT2D eigenvalue weighted by atomic mass is 10.2. The summed E-state index contributed by atoms with van der Waals surface area (Å²) in [5.41, 5.74) is 1.97. The van der Waals surface area contributed by atoms with Gasteiger partial charge in [0, 0.05) is 11.3 Å². The van der Waals surface area contributed by atoms with Gasteiger partial charge in [0.1, 0.15) is 17.0 Å². The average molecular weight is 436 g/mol. The van der Waals surface area contributed by atoms with Crippen LogP contribution in [0.25, 0.3) is 10.2 Å². The molecule has 2 aromatic heterocycles. The van der Waals surface area contributed by atoms with Gasteiger partial charge in [0.2, 0.25) is 5.91 Å². The molecule has 0 radical (unpaired) electrons. The number of carbonyl (C=O) groups excluding carboxylic acids is 1. The predicted octanol–water partition coefficient (Wildman–Crippen LogP) is 3.23. The first-order chi connectivity index (χ1) is 15.0. The van der Waals surface area contributed by atoms with E-state index in [1.807, 2.05) is 31.2 Å². The zero-order valence-electron chi connectivity index (χ0n) is 17.1. The van der Waals surface area contributed by atoms with Gasteiger partial charge in [-0.05, 0) is 36.6 Å². The lowest BCUT2D eigenvalue weighted by Crippen LogP contribution is -2.41. The van der Waals surface area contributed by atoms with Crippen LogP contribution in [0.1, 0.15) is 11.1 Å². The van der Waals surface area contributed by atoms with E-state index in [4.69, 9.17) is 4.74 Å². The number of amides is 1. The summed E-state index contributed by atoms with van der Waals surface area (Å²) in [6.07, 6.45) is 0. The van der Waals surface area contributed by atoms with Crippen molar-refractivity contribution in [2.75, 3.05) is 12.4 Å². The molecular weight excluding hydrogens is 414 g/mol. The molecule has 8 heteroatoms. The molecule has 0 saturated carbocycles. The van der Waals surface area contributed by atoms with E-state index in [2.05, 4.69) is 5.32 Å². The SMILES string of the molecule is COc1ccccc1Cn1c(=O)c2sccc2n(CC(=O)Nc2ccc(C)cc2)c1=O. The number of carbonyl (C=O) groups is 1. The van der Waals surface area contributed by atoms with Crippen LogP contribution in [0.5, 0.6) is 5.75 Å². The predicted molar refractivity (Wildman–Crippen MR) is 122 cm³/mol. The number of anilines is 1. The number of fused-ring (bicyclic) bond motifs is 1. The Balaban J connectivity index is 1.72. The fraction of sp³-hybridized carbons (Fsp3) is 0.174. The minimum absolute atomic E-state index is 0.0507. The van der Waals surface area contributed by atoms with Crippen LogP contribution in [0.4, 0.5) is 5.69 Å². The van der Waals surface area contributed by atoms with E-state index in [1.165, 1.54) is 23.0 Å². The monoisotopic (exact) mass is 435 g/mol. The number of ether oxygens (including phenoxy) is 1. The molecule has 158 valence electrons. The average Bonchev–Trinajstić information content (AvgIpc) is 3.26. The second-order valence-corrected chi connectivity index (χ2v) is 8.04. The highest BCUT2D eigenvalue weighted by atomic mass is 32.1. The van der Waals surface area contributed by atoms with E-state index in [0.717, 1.165) is 10.1 Å². The van der Waals surface area contributed by atoms with Crippen LogP contribution in [0.15, 0.2) is 69.6 Å². The summed E-state index contributed by atoms with van der Waals surface area (Å²) in [5, 5.41) is 4.54. The number of nitrogens with zero attached hydrogens (tertiary/aromatic N) is 2. The first-order valence-corrected chi connectivity index (χ1v) is 10.5. The smallest absolute Gasteiger partial charge is 0.332 e. The molecule has 0 unspecified atom stereocenters. The fourth-order valence-electron chi connectivity index (χ4n) is 3.41. The van der Waals surface area contributed by atoms with Gasteiger partial charge in [-0.2, -0.15) is 0 Å². The Morgan fingerprint density at radius 2 is 1.77 bits per heavy atom. The van der Waals surface area contributed by atoms with E-state index >= 15 is 0 Å². The molecule has 7 nitrogen and oxygen atoms in total. The van der Waals surface area contributed by atoms with E-state index in [0.29, 0.717) is 27.2 Å². The normalized spacial score (nSPS) is 10.9. The van der Waals surface area contributed by atoms with E-state index < -0.39 is 5.69 Å². The third-order valence-electron chi connectivity index (χ3n) is 4.99. The van der Waals surface area contributed by atoms with Crippen molar-refractivity contribution < 1.29 is 9.53 Å². The van der Waals surface area contributed by atoms with E-state index in [-0.39, 0.29) is 24.6 Å². The molecule has 1 amide bonds. The highest BCUT2D eigenvalue weighted by Gasteiger charge is 2.17. The summed E-state index contributed by atoms with van der Waals surface area (Å²) in [5.74, 6) is 0.240. The van der Waals surface area contributed by atoms with Gasteiger partial charge < -0.3 is 10.1 Å². The summed E-state index contributed by atoms with van der Waals surface area (Å²) in [6.45, 7) is 1.81. The molecule has 0 aliphatic rings. The van der Waals surface area contributed by atoms with Crippen molar-refractivity contribution in [2.24, 2.45) is 0 Å². The van der Waals surface area contributed by atoms with Crippen molar-refractivity contribution >= 4 is 33.1 Å². The van der Waals surface area contributed by atoms with Gasteiger partial charge in [-0.3, -0.25) is 18.7 Å².